The van der Waals surface area contributed by atoms with Crippen molar-refractivity contribution in [1.29, 1.82) is 0 Å². The lowest BCUT2D eigenvalue weighted by atomic mass is 9.97. The van der Waals surface area contributed by atoms with Crippen LogP contribution in [0.15, 0.2) is 35.8 Å². The van der Waals surface area contributed by atoms with Crippen molar-refractivity contribution >= 4 is 17.2 Å². The standard InChI is InChI=1S/C22H30N2O2S/c25-21(18-12-14-20(15-13-18)26-22-23-16-17-27-22)24-19-10-8-6-4-2-1-3-5-7-9-11-19/h12-17,19H,1-11H2,(H,24,25). The molecule has 0 atom stereocenters. The lowest BCUT2D eigenvalue weighted by Crippen LogP contribution is -2.34. The smallest absolute Gasteiger partial charge is 0.278 e. The molecule has 27 heavy (non-hydrogen) atoms. The summed E-state index contributed by atoms with van der Waals surface area (Å²) in [4.78, 5) is 16.8. The van der Waals surface area contributed by atoms with Gasteiger partial charge < -0.3 is 10.1 Å². The van der Waals surface area contributed by atoms with E-state index >= 15 is 0 Å². The summed E-state index contributed by atoms with van der Waals surface area (Å²) in [7, 11) is 0. The number of ether oxygens (including phenoxy) is 1. The number of hydrogen-bond acceptors (Lipinski definition) is 4. The highest BCUT2D eigenvalue weighted by Gasteiger charge is 2.14. The highest BCUT2D eigenvalue weighted by atomic mass is 32.1. The summed E-state index contributed by atoms with van der Waals surface area (Å²) in [5.41, 5.74) is 0.688. The Morgan fingerprint density at radius 3 is 2.07 bits per heavy atom. The Morgan fingerprint density at radius 2 is 1.52 bits per heavy atom. The van der Waals surface area contributed by atoms with Crippen molar-refractivity contribution in [3.05, 3.63) is 41.4 Å². The van der Waals surface area contributed by atoms with Crippen LogP contribution in [-0.2, 0) is 0 Å². The van der Waals surface area contributed by atoms with Gasteiger partial charge in [0.25, 0.3) is 11.1 Å². The van der Waals surface area contributed by atoms with Crippen LogP contribution in [0.5, 0.6) is 10.9 Å². The molecule has 1 aliphatic rings. The first-order chi connectivity index (χ1) is 13.3. The zero-order valence-corrected chi connectivity index (χ0v) is 16.8. The third kappa shape index (κ3) is 6.98. The zero-order chi connectivity index (χ0) is 18.7. The molecule has 1 heterocycles. The van der Waals surface area contributed by atoms with Gasteiger partial charge in [0, 0.05) is 23.2 Å². The Labute approximate surface area is 166 Å². The van der Waals surface area contributed by atoms with Gasteiger partial charge in [-0.1, -0.05) is 69.1 Å². The maximum atomic E-state index is 12.7. The zero-order valence-electron chi connectivity index (χ0n) is 16.0. The molecule has 1 fully saturated rings. The number of nitrogens with one attached hydrogen (secondary N) is 1. The fourth-order valence-corrected chi connectivity index (χ4v) is 4.12. The topological polar surface area (TPSA) is 51.2 Å². The Kier molecular flexibility index (Phi) is 8.15. The molecule has 0 bridgehead atoms. The minimum absolute atomic E-state index is 0.0212. The number of benzene rings is 1. The van der Waals surface area contributed by atoms with E-state index in [4.69, 9.17) is 4.74 Å². The van der Waals surface area contributed by atoms with E-state index in [0.717, 1.165) is 12.8 Å². The second kappa shape index (κ2) is 11.1. The number of nitrogens with zero attached hydrogens (tertiary/aromatic N) is 1. The Balaban J connectivity index is 1.52. The van der Waals surface area contributed by atoms with E-state index in [-0.39, 0.29) is 5.91 Å². The van der Waals surface area contributed by atoms with E-state index < -0.39 is 0 Å². The molecular formula is C22H30N2O2S. The number of carbonyl (C=O) groups excluding carboxylic acids is 1. The van der Waals surface area contributed by atoms with E-state index in [1.807, 2.05) is 29.6 Å². The lowest BCUT2D eigenvalue weighted by molar-refractivity contribution is 0.0931. The lowest BCUT2D eigenvalue weighted by Gasteiger charge is -2.19. The molecule has 2 aromatic rings. The first-order valence-corrected chi connectivity index (χ1v) is 11.2. The largest absolute Gasteiger partial charge is 0.431 e. The van der Waals surface area contributed by atoms with Gasteiger partial charge in [-0.2, -0.15) is 0 Å². The molecule has 0 saturated heterocycles. The molecule has 3 rings (SSSR count). The van der Waals surface area contributed by atoms with Gasteiger partial charge >= 0.3 is 0 Å². The molecule has 5 heteroatoms. The van der Waals surface area contributed by atoms with Crippen LogP contribution in [-0.4, -0.2) is 16.9 Å². The van der Waals surface area contributed by atoms with E-state index in [2.05, 4.69) is 10.3 Å². The summed E-state index contributed by atoms with van der Waals surface area (Å²) < 4.78 is 5.66. The van der Waals surface area contributed by atoms with Crippen LogP contribution in [0.3, 0.4) is 0 Å². The molecule has 0 spiro atoms. The normalized spacial score (nSPS) is 17.5. The van der Waals surface area contributed by atoms with Gasteiger partial charge in [-0.05, 0) is 37.1 Å². The number of hydrogen-bond donors (Lipinski definition) is 1. The predicted molar refractivity (Wildman–Crippen MR) is 111 cm³/mol. The van der Waals surface area contributed by atoms with Crippen molar-refractivity contribution in [2.24, 2.45) is 0 Å². The highest BCUT2D eigenvalue weighted by Crippen LogP contribution is 2.23. The van der Waals surface area contributed by atoms with E-state index in [1.165, 1.54) is 69.1 Å². The summed E-state index contributed by atoms with van der Waals surface area (Å²) >= 11 is 1.45. The number of thiazole rings is 1. The first-order valence-electron chi connectivity index (χ1n) is 10.3. The second-order valence-corrected chi connectivity index (χ2v) is 8.21. The van der Waals surface area contributed by atoms with E-state index in [1.54, 1.807) is 6.20 Å². The summed E-state index contributed by atoms with van der Waals surface area (Å²) in [5.74, 6) is 0.723. The molecule has 146 valence electrons. The summed E-state index contributed by atoms with van der Waals surface area (Å²) in [6, 6.07) is 7.61. The van der Waals surface area contributed by atoms with Gasteiger partial charge in [0.2, 0.25) is 0 Å². The van der Waals surface area contributed by atoms with E-state index in [9.17, 15) is 4.79 Å². The minimum Gasteiger partial charge on any atom is -0.431 e. The number of amides is 1. The van der Waals surface area contributed by atoms with Crippen LogP contribution in [0.1, 0.15) is 81.0 Å². The molecular weight excluding hydrogens is 356 g/mol. The molecule has 1 aromatic heterocycles. The van der Waals surface area contributed by atoms with Crippen LogP contribution in [0.2, 0.25) is 0 Å². The molecule has 1 saturated carbocycles. The fraction of sp³-hybridized carbons (Fsp3) is 0.545. The Hall–Kier alpha value is -1.88. The molecule has 1 aromatic carbocycles. The molecule has 1 N–H and O–H groups in total. The van der Waals surface area contributed by atoms with Crippen molar-refractivity contribution in [1.82, 2.24) is 10.3 Å². The maximum absolute atomic E-state index is 12.7. The van der Waals surface area contributed by atoms with Gasteiger partial charge in [0.05, 0.1) is 0 Å². The average molecular weight is 387 g/mol. The molecule has 0 radical (unpaired) electrons. The fourth-order valence-electron chi connectivity index (χ4n) is 3.61. The molecule has 4 nitrogen and oxygen atoms in total. The van der Waals surface area contributed by atoms with Crippen molar-refractivity contribution in [2.45, 2.75) is 76.7 Å². The maximum Gasteiger partial charge on any atom is 0.278 e. The highest BCUT2D eigenvalue weighted by molar-refractivity contribution is 7.11. The molecule has 0 aliphatic heterocycles. The van der Waals surface area contributed by atoms with Crippen LogP contribution in [0.4, 0.5) is 0 Å². The molecule has 1 aliphatic carbocycles. The number of rotatable bonds is 4. The van der Waals surface area contributed by atoms with Crippen molar-refractivity contribution in [2.75, 3.05) is 0 Å². The second-order valence-electron chi connectivity index (χ2n) is 7.35. The SMILES string of the molecule is O=C(NC1CCCCCCCCCCC1)c1ccc(Oc2nccs2)cc1. The third-order valence-corrected chi connectivity index (χ3v) is 5.82. The third-order valence-electron chi connectivity index (χ3n) is 5.17. The molecule has 0 unspecified atom stereocenters. The monoisotopic (exact) mass is 386 g/mol. The van der Waals surface area contributed by atoms with E-state index in [0.29, 0.717) is 22.5 Å². The number of carbonyl (C=O) groups is 1. The first kappa shape index (κ1) is 19.9. The quantitative estimate of drug-likeness (QED) is 0.667. The van der Waals surface area contributed by atoms with Gasteiger partial charge in [-0.15, -0.1) is 0 Å². The van der Waals surface area contributed by atoms with Crippen LogP contribution in [0.25, 0.3) is 0 Å². The Morgan fingerprint density at radius 1 is 0.926 bits per heavy atom. The summed E-state index contributed by atoms with van der Waals surface area (Å²) in [6.45, 7) is 0. The van der Waals surface area contributed by atoms with Gasteiger partial charge in [-0.25, -0.2) is 4.98 Å². The van der Waals surface area contributed by atoms with Gasteiger partial charge in [-0.3, -0.25) is 4.79 Å². The van der Waals surface area contributed by atoms with Crippen molar-refractivity contribution < 1.29 is 9.53 Å². The van der Waals surface area contributed by atoms with Crippen LogP contribution < -0.4 is 10.1 Å². The van der Waals surface area contributed by atoms with Gasteiger partial charge in [0.1, 0.15) is 5.75 Å². The Bertz CT molecular complexity index is 658. The van der Waals surface area contributed by atoms with Crippen molar-refractivity contribution in [3.63, 3.8) is 0 Å². The molecule has 1 amide bonds. The van der Waals surface area contributed by atoms with Gasteiger partial charge in [0.15, 0.2) is 0 Å². The van der Waals surface area contributed by atoms with Crippen LogP contribution in [0, 0.1) is 0 Å². The predicted octanol–water partition coefficient (Wildman–Crippen LogP) is 6.34. The summed E-state index contributed by atoms with van der Waals surface area (Å²) in [5, 5.41) is 5.75. The average Bonchev–Trinajstić information content (AvgIpc) is 3.17. The summed E-state index contributed by atoms with van der Waals surface area (Å²) in [6.07, 6.45) is 15.7. The van der Waals surface area contributed by atoms with Crippen molar-refractivity contribution in [3.8, 4) is 10.9 Å². The minimum atomic E-state index is 0.0212. The number of aromatic nitrogens is 1. The van der Waals surface area contributed by atoms with Crippen LogP contribution >= 0.6 is 11.3 Å².